The molecule has 0 aromatic carbocycles. The molecule has 0 bridgehead atoms. The van der Waals surface area contributed by atoms with Gasteiger partial charge in [0.1, 0.15) is 0 Å². The van der Waals surface area contributed by atoms with Crippen LogP contribution in [0.5, 0.6) is 0 Å². The van der Waals surface area contributed by atoms with Crippen LogP contribution in [0.25, 0.3) is 0 Å². The van der Waals surface area contributed by atoms with E-state index >= 15 is 0 Å². The number of rotatable bonds is 1. The molecule has 1 rings (SSSR count). The van der Waals surface area contributed by atoms with Crippen molar-refractivity contribution in [3.05, 3.63) is 0 Å². The molecule has 2 heteroatoms. The van der Waals surface area contributed by atoms with E-state index in [1.807, 2.05) is 7.05 Å². The van der Waals surface area contributed by atoms with Crippen LogP contribution in [-0.2, 0) is 0 Å². The van der Waals surface area contributed by atoms with Crippen molar-refractivity contribution in [1.29, 1.82) is 0 Å². The fraction of sp³-hybridized carbons (Fsp3) is 1.00. The summed E-state index contributed by atoms with van der Waals surface area (Å²) in [5, 5.41) is 12.0. The van der Waals surface area contributed by atoms with Crippen molar-refractivity contribution in [2.75, 3.05) is 7.05 Å². The summed E-state index contributed by atoms with van der Waals surface area (Å²) in [5.74, 6) is 0. The van der Waals surface area contributed by atoms with Crippen molar-refractivity contribution < 1.29 is 5.11 Å². The van der Waals surface area contributed by atoms with Crippen molar-refractivity contribution in [2.45, 2.75) is 31.4 Å². The average Bonchev–Trinajstić information content (AvgIpc) is 1.63. The Bertz CT molecular complexity index is 86.5. The predicted molar refractivity (Wildman–Crippen MR) is 32.7 cm³/mol. The summed E-state index contributed by atoms with van der Waals surface area (Å²) in [6, 6.07) is 0. The largest absolute Gasteiger partial charge is 0.393 e. The molecule has 1 aliphatic rings. The fourth-order valence-electron chi connectivity index (χ4n) is 1.18. The van der Waals surface area contributed by atoms with Crippen LogP contribution in [0.15, 0.2) is 0 Å². The number of aliphatic hydroxyl groups excluding tert-OH is 1. The Hall–Kier alpha value is -0.0800. The second-order valence-electron chi connectivity index (χ2n) is 2.87. The normalized spacial score (nSPS) is 46.1. The first-order chi connectivity index (χ1) is 3.66. The highest BCUT2D eigenvalue weighted by atomic mass is 16.3. The first-order valence-corrected chi connectivity index (χ1v) is 3.03. The molecule has 8 heavy (non-hydrogen) atoms. The number of nitrogens with one attached hydrogen (secondary N) is 1. The van der Waals surface area contributed by atoms with E-state index in [0.29, 0.717) is 0 Å². The Kier molecular flexibility index (Phi) is 1.29. The Morgan fingerprint density at radius 3 is 2.25 bits per heavy atom. The van der Waals surface area contributed by atoms with Gasteiger partial charge < -0.3 is 10.4 Å². The molecule has 0 aromatic rings. The van der Waals surface area contributed by atoms with Gasteiger partial charge in [-0.05, 0) is 26.8 Å². The third-order valence-electron chi connectivity index (χ3n) is 1.98. The quantitative estimate of drug-likeness (QED) is 0.508. The molecule has 0 radical (unpaired) electrons. The molecule has 0 amide bonds. The lowest BCUT2D eigenvalue weighted by atomic mass is 9.76. The summed E-state index contributed by atoms with van der Waals surface area (Å²) >= 11 is 0. The van der Waals surface area contributed by atoms with Crippen LogP contribution in [0.2, 0.25) is 0 Å². The fourth-order valence-corrected chi connectivity index (χ4v) is 1.18. The van der Waals surface area contributed by atoms with Crippen LogP contribution >= 0.6 is 0 Å². The summed E-state index contributed by atoms with van der Waals surface area (Å²) < 4.78 is 0. The van der Waals surface area contributed by atoms with Crippen molar-refractivity contribution in [2.24, 2.45) is 0 Å². The first-order valence-electron chi connectivity index (χ1n) is 3.03. The Morgan fingerprint density at radius 1 is 1.62 bits per heavy atom. The van der Waals surface area contributed by atoms with Gasteiger partial charge >= 0.3 is 0 Å². The van der Waals surface area contributed by atoms with Crippen LogP contribution in [0.3, 0.4) is 0 Å². The number of hydrogen-bond acceptors (Lipinski definition) is 2. The molecule has 1 saturated carbocycles. The zero-order valence-electron chi connectivity index (χ0n) is 5.44. The van der Waals surface area contributed by atoms with Crippen molar-refractivity contribution in [3.63, 3.8) is 0 Å². The lowest BCUT2D eigenvalue weighted by Gasteiger charge is -2.42. The molecular weight excluding hydrogens is 102 g/mol. The average molecular weight is 115 g/mol. The molecule has 0 saturated heterocycles. The Labute approximate surface area is 49.9 Å². The van der Waals surface area contributed by atoms with Gasteiger partial charge in [0.25, 0.3) is 0 Å². The van der Waals surface area contributed by atoms with Crippen molar-refractivity contribution in [3.8, 4) is 0 Å². The lowest BCUT2D eigenvalue weighted by Crippen LogP contribution is -2.53. The minimum absolute atomic E-state index is 0.0487. The van der Waals surface area contributed by atoms with Gasteiger partial charge in [-0.15, -0.1) is 0 Å². The van der Waals surface area contributed by atoms with Gasteiger partial charge in [-0.1, -0.05) is 0 Å². The maximum atomic E-state index is 8.87. The van der Waals surface area contributed by atoms with Gasteiger partial charge in [0.2, 0.25) is 0 Å². The van der Waals surface area contributed by atoms with Crippen LogP contribution in [-0.4, -0.2) is 23.8 Å². The van der Waals surface area contributed by atoms with Gasteiger partial charge in [0, 0.05) is 5.54 Å². The van der Waals surface area contributed by atoms with Gasteiger partial charge in [0.15, 0.2) is 0 Å². The first kappa shape index (κ1) is 6.05. The molecule has 1 fully saturated rings. The number of aliphatic hydroxyl groups is 1. The molecule has 0 aromatic heterocycles. The molecule has 0 heterocycles. The summed E-state index contributed by atoms with van der Waals surface area (Å²) in [4.78, 5) is 0. The summed E-state index contributed by atoms with van der Waals surface area (Å²) in [7, 11) is 1.94. The molecule has 48 valence electrons. The molecule has 0 unspecified atom stereocenters. The van der Waals surface area contributed by atoms with Gasteiger partial charge in [0.05, 0.1) is 6.10 Å². The second kappa shape index (κ2) is 1.71. The number of hydrogen-bond donors (Lipinski definition) is 2. The SMILES string of the molecule is CNC1(C)CC(O)C1. The maximum Gasteiger partial charge on any atom is 0.0575 e. The molecule has 0 atom stereocenters. The van der Waals surface area contributed by atoms with Gasteiger partial charge in [-0.25, -0.2) is 0 Å². The van der Waals surface area contributed by atoms with E-state index in [2.05, 4.69) is 12.2 Å². The third-order valence-corrected chi connectivity index (χ3v) is 1.98. The van der Waals surface area contributed by atoms with E-state index in [0.717, 1.165) is 12.8 Å². The van der Waals surface area contributed by atoms with E-state index in [1.54, 1.807) is 0 Å². The van der Waals surface area contributed by atoms with Crippen molar-refractivity contribution >= 4 is 0 Å². The van der Waals surface area contributed by atoms with Gasteiger partial charge in [-0.3, -0.25) is 0 Å². The maximum absolute atomic E-state index is 8.87. The molecule has 0 spiro atoms. The van der Waals surface area contributed by atoms with E-state index in [-0.39, 0.29) is 11.6 Å². The highest BCUT2D eigenvalue weighted by molar-refractivity contribution is 4.96. The minimum atomic E-state index is -0.0487. The predicted octanol–water partition coefficient (Wildman–Crippen LogP) is 0.119. The third kappa shape index (κ3) is 0.858. The highest BCUT2D eigenvalue weighted by Crippen LogP contribution is 2.30. The van der Waals surface area contributed by atoms with E-state index in [1.165, 1.54) is 0 Å². The van der Waals surface area contributed by atoms with Gasteiger partial charge in [-0.2, -0.15) is 0 Å². The highest BCUT2D eigenvalue weighted by Gasteiger charge is 2.37. The van der Waals surface area contributed by atoms with E-state index < -0.39 is 0 Å². The van der Waals surface area contributed by atoms with Crippen LogP contribution in [0.1, 0.15) is 19.8 Å². The minimum Gasteiger partial charge on any atom is -0.393 e. The molecular formula is C6H13NO. The Balaban J connectivity index is 2.30. The van der Waals surface area contributed by atoms with Crippen LogP contribution < -0.4 is 5.32 Å². The molecule has 1 aliphatic carbocycles. The molecule has 2 nitrogen and oxygen atoms in total. The summed E-state index contributed by atoms with van der Waals surface area (Å²) in [6.45, 7) is 2.12. The Morgan fingerprint density at radius 2 is 2.12 bits per heavy atom. The van der Waals surface area contributed by atoms with Crippen LogP contribution in [0, 0.1) is 0 Å². The zero-order valence-corrected chi connectivity index (χ0v) is 5.44. The zero-order chi connectivity index (χ0) is 6.20. The van der Waals surface area contributed by atoms with E-state index in [4.69, 9.17) is 5.11 Å². The second-order valence-corrected chi connectivity index (χ2v) is 2.87. The monoisotopic (exact) mass is 115 g/mol. The molecule has 2 N–H and O–H groups in total. The van der Waals surface area contributed by atoms with Crippen molar-refractivity contribution in [1.82, 2.24) is 5.32 Å². The summed E-state index contributed by atoms with van der Waals surface area (Å²) in [6.07, 6.45) is 1.76. The van der Waals surface area contributed by atoms with E-state index in [9.17, 15) is 0 Å². The van der Waals surface area contributed by atoms with Crippen LogP contribution in [0.4, 0.5) is 0 Å². The standard InChI is InChI=1S/C6H13NO/c1-6(7-2)3-5(8)4-6/h5,7-8H,3-4H2,1-2H3. The molecule has 0 aliphatic heterocycles. The lowest BCUT2D eigenvalue weighted by molar-refractivity contribution is 0.0159. The topological polar surface area (TPSA) is 32.3 Å². The summed E-state index contributed by atoms with van der Waals surface area (Å²) in [5.41, 5.74) is 0.236. The smallest absolute Gasteiger partial charge is 0.0575 e.